The van der Waals surface area contributed by atoms with Crippen molar-refractivity contribution in [3.8, 4) is 5.88 Å². The van der Waals surface area contributed by atoms with E-state index in [1.54, 1.807) is 6.20 Å². The van der Waals surface area contributed by atoms with Gasteiger partial charge in [0.2, 0.25) is 5.88 Å². The van der Waals surface area contributed by atoms with E-state index in [1.807, 2.05) is 31.2 Å². The van der Waals surface area contributed by atoms with Crippen LogP contribution in [0, 0.1) is 6.92 Å². The van der Waals surface area contributed by atoms with Crippen molar-refractivity contribution in [2.75, 3.05) is 19.7 Å². The van der Waals surface area contributed by atoms with Crippen molar-refractivity contribution in [2.45, 2.75) is 44.4 Å². The number of hydrogen-bond donors (Lipinski definition) is 0. The Morgan fingerprint density at radius 2 is 2.12 bits per heavy atom. The van der Waals surface area contributed by atoms with Crippen LogP contribution in [0.1, 0.15) is 30.8 Å². The Labute approximate surface area is 142 Å². The Balaban J connectivity index is 1.29. The minimum atomic E-state index is -0.0188. The van der Waals surface area contributed by atoms with E-state index in [0.717, 1.165) is 50.4 Å². The molecule has 0 amide bonds. The molecule has 0 saturated carbocycles. The highest BCUT2D eigenvalue weighted by Crippen LogP contribution is 2.37. The fourth-order valence-corrected chi connectivity index (χ4v) is 3.72. The van der Waals surface area contributed by atoms with Crippen LogP contribution in [-0.2, 0) is 11.3 Å². The number of likely N-dealkylation sites (tertiary alicyclic amines) is 1. The van der Waals surface area contributed by atoms with E-state index in [9.17, 15) is 0 Å². The highest BCUT2D eigenvalue weighted by atomic mass is 16.6. The number of nitrogens with zero attached hydrogens (tertiary/aromatic N) is 2. The molecule has 2 aliphatic rings. The molecule has 128 valence electrons. The van der Waals surface area contributed by atoms with Crippen molar-refractivity contribution >= 4 is 0 Å². The number of rotatable bonds is 4. The highest BCUT2D eigenvalue weighted by molar-refractivity contribution is 5.10. The fourth-order valence-electron chi connectivity index (χ4n) is 3.72. The molecule has 1 spiro atoms. The van der Waals surface area contributed by atoms with Crippen LogP contribution in [0.3, 0.4) is 0 Å². The van der Waals surface area contributed by atoms with Gasteiger partial charge in [-0.15, -0.1) is 0 Å². The van der Waals surface area contributed by atoms with E-state index in [1.165, 1.54) is 0 Å². The second kappa shape index (κ2) is 6.57. The minimum Gasteiger partial charge on any atom is -0.472 e. The first-order chi connectivity index (χ1) is 11.7. The molecule has 5 heteroatoms. The maximum Gasteiger partial charge on any atom is 0.213 e. The van der Waals surface area contributed by atoms with Crippen LogP contribution in [-0.4, -0.2) is 41.3 Å². The van der Waals surface area contributed by atoms with Crippen molar-refractivity contribution in [2.24, 2.45) is 0 Å². The first-order valence-electron chi connectivity index (χ1n) is 8.70. The second-order valence-electron chi connectivity index (χ2n) is 6.89. The van der Waals surface area contributed by atoms with Gasteiger partial charge < -0.3 is 13.9 Å². The molecule has 2 aliphatic heterocycles. The number of piperidine rings is 1. The third-order valence-corrected chi connectivity index (χ3v) is 5.04. The van der Waals surface area contributed by atoms with Crippen LogP contribution in [0.4, 0.5) is 0 Å². The number of furan rings is 1. The summed E-state index contributed by atoms with van der Waals surface area (Å²) in [5.74, 6) is 2.72. The predicted octanol–water partition coefficient (Wildman–Crippen LogP) is 3.19. The second-order valence-corrected chi connectivity index (χ2v) is 6.89. The zero-order valence-corrected chi connectivity index (χ0v) is 14.1. The number of ether oxygens (including phenoxy) is 2. The van der Waals surface area contributed by atoms with Gasteiger partial charge in [0.25, 0.3) is 0 Å². The molecule has 1 unspecified atom stereocenters. The van der Waals surface area contributed by atoms with Crippen LogP contribution in [0.5, 0.6) is 5.88 Å². The first kappa shape index (κ1) is 15.7. The number of pyridine rings is 1. The zero-order valence-electron chi connectivity index (χ0n) is 14.1. The first-order valence-corrected chi connectivity index (χ1v) is 8.70. The van der Waals surface area contributed by atoms with Crippen LogP contribution >= 0.6 is 0 Å². The molecule has 2 aromatic rings. The maximum atomic E-state index is 6.17. The topological polar surface area (TPSA) is 47.7 Å². The normalized spacial score (nSPS) is 23.6. The van der Waals surface area contributed by atoms with Crippen molar-refractivity contribution < 1.29 is 13.9 Å². The van der Waals surface area contributed by atoms with Gasteiger partial charge in [-0.1, -0.05) is 6.07 Å². The largest absolute Gasteiger partial charge is 0.472 e. The van der Waals surface area contributed by atoms with Crippen LogP contribution < -0.4 is 4.74 Å². The number of aryl methyl sites for hydroxylation is 1. The molecule has 0 aromatic carbocycles. The monoisotopic (exact) mass is 328 g/mol. The molecule has 4 heterocycles. The van der Waals surface area contributed by atoms with Crippen molar-refractivity contribution in [1.29, 1.82) is 0 Å². The van der Waals surface area contributed by atoms with E-state index in [-0.39, 0.29) is 11.7 Å². The average molecular weight is 328 g/mol. The molecule has 24 heavy (non-hydrogen) atoms. The van der Waals surface area contributed by atoms with Gasteiger partial charge in [-0.05, 0) is 38.0 Å². The molecule has 0 bridgehead atoms. The van der Waals surface area contributed by atoms with E-state index in [0.29, 0.717) is 12.5 Å². The Bertz CT molecular complexity index is 662. The minimum absolute atomic E-state index is 0.0188. The molecule has 0 aliphatic carbocycles. The fraction of sp³-hybridized carbons (Fsp3) is 0.526. The Morgan fingerprint density at radius 3 is 2.83 bits per heavy atom. The molecule has 5 nitrogen and oxygen atoms in total. The van der Waals surface area contributed by atoms with Gasteiger partial charge in [-0.3, -0.25) is 4.90 Å². The smallest absolute Gasteiger partial charge is 0.213 e. The Morgan fingerprint density at radius 1 is 1.25 bits per heavy atom. The standard InChI is InChI=1S/C19H24N2O3/c1-15-5-6-16(23-15)13-21-10-7-19(8-11-21)12-17(14-22-19)24-18-4-2-3-9-20-18/h2-6,9,17H,7-8,10-14H2,1H3. The number of aromatic nitrogens is 1. The molecule has 4 rings (SSSR count). The molecule has 2 aromatic heterocycles. The van der Waals surface area contributed by atoms with Crippen LogP contribution in [0.15, 0.2) is 40.9 Å². The van der Waals surface area contributed by atoms with E-state index in [2.05, 4.69) is 16.0 Å². The van der Waals surface area contributed by atoms with Crippen LogP contribution in [0.2, 0.25) is 0 Å². The Kier molecular flexibility index (Phi) is 4.29. The lowest BCUT2D eigenvalue weighted by Gasteiger charge is -2.38. The third-order valence-electron chi connectivity index (χ3n) is 5.04. The maximum absolute atomic E-state index is 6.17. The summed E-state index contributed by atoms with van der Waals surface area (Å²) in [6.45, 7) is 5.61. The lowest BCUT2D eigenvalue weighted by atomic mass is 9.88. The third kappa shape index (κ3) is 3.47. The number of hydrogen-bond acceptors (Lipinski definition) is 5. The molecule has 2 saturated heterocycles. The van der Waals surface area contributed by atoms with Gasteiger partial charge in [-0.2, -0.15) is 0 Å². The van der Waals surface area contributed by atoms with Crippen molar-refractivity contribution in [3.63, 3.8) is 0 Å². The summed E-state index contributed by atoms with van der Waals surface area (Å²) in [6.07, 6.45) is 4.93. The van der Waals surface area contributed by atoms with Gasteiger partial charge in [0, 0.05) is 31.8 Å². The molecule has 0 N–H and O–H groups in total. The summed E-state index contributed by atoms with van der Waals surface area (Å²) in [6, 6.07) is 9.85. The van der Waals surface area contributed by atoms with Gasteiger partial charge >= 0.3 is 0 Å². The Hall–Kier alpha value is -1.85. The van der Waals surface area contributed by atoms with E-state index >= 15 is 0 Å². The molecule has 1 atom stereocenters. The predicted molar refractivity (Wildman–Crippen MR) is 89.9 cm³/mol. The lowest BCUT2D eigenvalue weighted by Crippen LogP contribution is -2.44. The molecule has 2 fully saturated rings. The average Bonchev–Trinajstić information content (AvgIpc) is 3.18. The summed E-state index contributed by atoms with van der Waals surface area (Å²) >= 11 is 0. The van der Waals surface area contributed by atoms with Crippen LogP contribution in [0.25, 0.3) is 0 Å². The van der Waals surface area contributed by atoms with Gasteiger partial charge in [0.15, 0.2) is 0 Å². The quantitative estimate of drug-likeness (QED) is 0.863. The summed E-state index contributed by atoms with van der Waals surface area (Å²) in [7, 11) is 0. The summed E-state index contributed by atoms with van der Waals surface area (Å²) < 4.78 is 17.8. The summed E-state index contributed by atoms with van der Waals surface area (Å²) in [5.41, 5.74) is -0.0188. The molecular formula is C19H24N2O3. The SMILES string of the molecule is Cc1ccc(CN2CCC3(CC2)CC(Oc2ccccn2)CO3)o1. The van der Waals surface area contributed by atoms with E-state index in [4.69, 9.17) is 13.9 Å². The van der Waals surface area contributed by atoms with E-state index < -0.39 is 0 Å². The van der Waals surface area contributed by atoms with Gasteiger partial charge in [-0.25, -0.2) is 4.98 Å². The van der Waals surface area contributed by atoms with Crippen molar-refractivity contribution in [1.82, 2.24) is 9.88 Å². The lowest BCUT2D eigenvalue weighted by molar-refractivity contribution is -0.0463. The highest BCUT2D eigenvalue weighted by Gasteiger charge is 2.43. The molecule has 0 radical (unpaired) electrons. The zero-order chi connectivity index (χ0) is 16.4. The summed E-state index contributed by atoms with van der Waals surface area (Å²) in [4.78, 5) is 6.68. The van der Waals surface area contributed by atoms with Gasteiger partial charge in [0.1, 0.15) is 17.6 Å². The summed E-state index contributed by atoms with van der Waals surface area (Å²) in [5, 5.41) is 0. The molecular weight excluding hydrogens is 304 g/mol. The van der Waals surface area contributed by atoms with Gasteiger partial charge in [0.05, 0.1) is 18.8 Å². The van der Waals surface area contributed by atoms with Crippen molar-refractivity contribution in [3.05, 3.63) is 48.0 Å².